The molecule has 0 aliphatic carbocycles. The summed E-state index contributed by atoms with van der Waals surface area (Å²) in [5.74, 6) is -1.99. The fraction of sp³-hybridized carbons (Fsp3) is 0.120. The van der Waals surface area contributed by atoms with Crippen molar-refractivity contribution < 1.29 is 27.2 Å². The number of hydrogen-bond acceptors (Lipinski definition) is 7. The van der Waals surface area contributed by atoms with Gasteiger partial charge in [0.25, 0.3) is 11.8 Å². The Balaban J connectivity index is 1.27. The Labute approximate surface area is 231 Å². The Morgan fingerprint density at radius 1 is 1.02 bits per heavy atom. The summed E-state index contributed by atoms with van der Waals surface area (Å²) in [5.41, 5.74) is 0.856. The summed E-state index contributed by atoms with van der Waals surface area (Å²) < 4.78 is 54.3. The van der Waals surface area contributed by atoms with Crippen molar-refractivity contribution in [3.8, 4) is 11.1 Å². The lowest BCUT2D eigenvalue weighted by molar-refractivity contribution is -0.137. The van der Waals surface area contributed by atoms with E-state index in [9.17, 15) is 27.2 Å². The molecule has 0 saturated carbocycles. The lowest BCUT2D eigenvalue weighted by atomic mass is 10.1. The van der Waals surface area contributed by atoms with E-state index in [1.807, 2.05) is 0 Å². The highest BCUT2D eigenvalue weighted by Crippen LogP contribution is 2.35. The summed E-state index contributed by atoms with van der Waals surface area (Å²) in [7, 11) is 0. The molecule has 5 rings (SSSR count). The summed E-state index contributed by atoms with van der Waals surface area (Å²) in [6.07, 6.45) is 2.98. The first-order chi connectivity index (χ1) is 19.0. The Morgan fingerprint density at radius 2 is 1.82 bits per heavy atom. The maximum atomic E-state index is 13.5. The highest BCUT2D eigenvalue weighted by molar-refractivity contribution is 7.13. The topological polar surface area (TPSA) is 114 Å². The summed E-state index contributed by atoms with van der Waals surface area (Å²) in [5, 5.41) is 9.09. The van der Waals surface area contributed by atoms with Gasteiger partial charge in [-0.2, -0.15) is 18.3 Å². The molecule has 40 heavy (non-hydrogen) atoms. The standard InChI is InChI=1S/C25H16ClF4N7O2S/c1-12(24-33-10-20(40-24)23(39)36-21-5-17(25(28,29)30)18(26)9-32-21)35-22(38)16-8-34-37-11-13(2-3-19(16)37)14-4-15(27)7-31-6-14/h2-12H,1H3,(H,35,38)(H,32,36,39). The monoisotopic (exact) mass is 589 g/mol. The highest BCUT2D eigenvalue weighted by atomic mass is 35.5. The lowest BCUT2D eigenvalue weighted by Gasteiger charge is -2.11. The number of nitrogens with zero attached hydrogens (tertiary/aromatic N) is 5. The second kappa shape index (κ2) is 10.6. The Hall–Kier alpha value is -4.43. The number of nitrogens with one attached hydrogen (secondary N) is 2. The molecule has 0 spiro atoms. The quantitative estimate of drug-likeness (QED) is 0.242. The molecule has 0 aromatic carbocycles. The maximum Gasteiger partial charge on any atom is 0.418 e. The fourth-order valence-corrected chi connectivity index (χ4v) is 4.76. The third-order valence-electron chi connectivity index (χ3n) is 5.67. The zero-order valence-electron chi connectivity index (χ0n) is 20.2. The minimum Gasteiger partial charge on any atom is -0.343 e. The Morgan fingerprint density at radius 3 is 2.58 bits per heavy atom. The predicted molar refractivity (Wildman–Crippen MR) is 139 cm³/mol. The van der Waals surface area contributed by atoms with Crippen molar-refractivity contribution in [2.45, 2.75) is 19.1 Å². The predicted octanol–water partition coefficient (Wildman–Crippen LogP) is 5.80. The molecule has 0 aliphatic rings. The molecular weight excluding hydrogens is 574 g/mol. The number of halogens is 5. The molecule has 0 saturated heterocycles. The smallest absolute Gasteiger partial charge is 0.343 e. The molecule has 0 bridgehead atoms. The molecule has 204 valence electrons. The van der Waals surface area contributed by atoms with Gasteiger partial charge in [0.2, 0.25) is 0 Å². The van der Waals surface area contributed by atoms with E-state index in [1.165, 1.54) is 29.2 Å². The number of anilines is 1. The van der Waals surface area contributed by atoms with E-state index in [0.29, 0.717) is 27.7 Å². The van der Waals surface area contributed by atoms with Crippen molar-refractivity contribution in [3.05, 3.63) is 93.3 Å². The molecule has 2 amide bonds. The second-order valence-corrected chi connectivity index (χ2v) is 9.93. The van der Waals surface area contributed by atoms with Crippen LogP contribution in [0, 0.1) is 5.82 Å². The van der Waals surface area contributed by atoms with Crippen LogP contribution in [0.2, 0.25) is 5.02 Å². The molecule has 1 unspecified atom stereocenters. The molecule has 9 nitrogen and oxygen atoms in total. The van der Waals surface area contributed by atoms with Crippen molar-refractivity contribution in [3.63, 3.8) is 0 Å². The van der Waals surface area contributed by atoms with Gasteiger partial charge in [-0.1, -0.05) is 17.7 Å². The minimum absolute atomic E-state index is 0.0942. The van der Waals surface area contributed by atoms with Gasteiger partial charge >= 0.3 is 6.18 Å². The van der Waals surface area contributed by atoms with Gasteiger partial charge in [0.15, 0.2) is 0 Å². The molecule has 5 aromatic heterocycles. The lowest BCUT2D eigenvalue weighted by Crippen LogP contribution is -2.26. The van der Waals surface area contributed by atoms with E-state index in [1.54, 1.807) is 25.3 Å². The zero-order chi connectivity index (χ0) is 28.6. The SMILES string of the molecule is CC(NC(=O)c1cnn2cc(-c3cncc(F)c3)ccc12)c1ncc(C(=O)Nc2cc(C(F)(F)F)c(Cl)cn2)s1. The third-order valence-corrected chi connectivity index (χ3v) is 7.15. The van der Waals surface area contributed by atoms with Crippen molar-refractivity contribution in [1.29, 1.82) is 0 Å². The van der Waals surface area contributed by atoms with Gasteiger partial charge in [-0.05, 0) is 25.1 Å². The first-order valence-electron chi connectivity index (χ1n) is 11.4. The molecule has 15 heteroatoms. The third kappa shape index (κ3) is 5.62. The number of fused-ring (bicyclic) bond motifs is 1. The molecule has 0 fully saturated rings. The number of alkyl halides is 3. The van der Waals surface area contributed by atoms with E-state index < -0.39 is 40.4 Å². The van der Waals surface area contributed by atoms with Crippen LogP contribution in [0.25, 0.3) is 16.6 Å². The Bertz CT molecular complexity index is 1750. The fourth-order valence-electron chi connectivity index (χ4n) is 3.73. The van der Waals surface area contributed by atoms with Crippen LogP contribution in [0.5, 0.6) is 0 Å². The van der Waals surface area contributed by atoms with Crippen LogP contribution >= 0.6 is 22.9 Å². The summed E-state index contributed by atoms with van der Waals surface area (Å²) >= 11 is 6.52. The molecule has 0 aliphatic heterocycles. The molecule has 0 radical (unpaired) electrons. The number of thiazole rings is 1. The molecule has 5 aromatic rings. The number of pyridine rings is 3. The van der Waals surface area contributed by atoms with Gasteiger partial charge in [-0.3, -0.25) is 14.6 Å². The van der Waals surface area contributed by atoms with Gasteiger partial charge in [-0.25, -0.2) is 18.9 Å². The van der Waals surface area contributed by atoms with Crippen molar-refractivity contribution >= 4 is 46.1 Å². The second-order valence-electron chi connectivity index (χ2n) is 8.46. The van der Waals surface area contributed by atoms with Gasteiger partial charge in [0.1, 0.15) is 21.5 Å². The number of hydrogen-bond donors (Lipinski definition) is 2. The van der Waals surface area contributed by atoms with Crippen LogP contribution in [0.3, 0.4) is 0 Å². The number of carbonyl (C=O) groups excluding carboxylic acids is 2. The highest BCUT2D eigenvalue weighted by Gasteiger charge is 2.34. The average Bonchev–Trinajstić information content (AvgIpc) is 3.57. The van der Waals surface area contributed by atoms with Crippen LogP contribution in [0.4, 0.5) is 23.4 Å². The van der Waals surface area contributed by atoms with Crippen LogP contribution in [0.1, 0.15) is 43.6 Å². The van der Waals surface area contributed by atoms with E-state index in [0.717, 1.165) is 23.7 Å². The van der Waals surface area contributed by atoms with Crippen LogP contribution < -0.4 is 10.6 Å². The molecule has 5 heterocycles. The van der Waals surface area contributed by atoms with Crippen molar-refractivity contribution in [1.82, 2.24) is 29.9 Å². The van der Waals surface area contributed by atoms with E-state index in [-0.39, 0.29) is 16.3 Å². The minimum atomic E-state index is -4.72. The largest absolute Gasteiger partial charge is 0.418 e. The zero-order valence-corrected chi connectivity index (χ0v) is 21.8. The average molecular weight is 590 g/mol. The molecule has 2 N–H and O–H groups in total. The van der Waals surface area contributed by atoms with Crippen molar-refractivity contribution in [2.75, 3.05) is 5.32 Å². The van der Waals surface area contributed by atoms with Crippen LogP contribution in [-0.4, -0.2) is 36.4 Å². The maximum absolute atomic E-state index is 13.5. The summed E-state index contributed by atoms with van der Waals surface area (Å²) in [6.45, 7) is 1.66. The first kappa shape index (κ1) is 27.1. The number of rotatable bonds is 6. The van der Waals surface area contributed by atoms with E-state index >= 15 is 0 Å². The van der Waals surface area contributed by atoms with Crippen LogP contribution in [-0.2, 0) is 6.18 Å². The number of aromatic nitrogens is 5. The molecular formula is C25H16ClF4N7O2S. The van der Waals surface area contributed by atoms with Crippen LogP contribution in [0.15, 0.2) is 61.4 Å². The normalized spacial score (nSPS) is 12.3. The van der Waals surface area contributed by atoms with Crippen molar-refractivity contribution in [2.24, 2.45) is 0 Å². The molecule has 1 atom stereocenters. The van der Waals surface area contributed by atoms with Gasteiger partial charge in [0, 0.05) is 29.7 Å². The summed E-state index contributed by atoms with van der Waals surface area (Å²) in [4.78, 5) is 37.4. The summed E-state index contributed by atoms with van der Waals surface area (Å²) in [6, 6.07) is 4.75. The first-order valence-corrected chi connectivity index (χ1v) is 12.6. The number of carbonyl (C=O) groups is 2. The van der Waals surface area contributed by atoms with Gasteiger partial charge in [-0.15, -0.1) is 11.3 Å². The number of amides is 2. The van der Waals surface area contributed by atoms with Gasteiger partial charge < -0.3 is 10.6 Å². The van der Waals surface area contributed by atoms with E-state index in [4.69, 9.17) is 11.6 Å². The van der Waals surface area contributed by atoms with E-state index in [2.05, 4.69) is 30.7 Å². The Kier molecular flexibility index (Phi) is 7.21. The van der Waals surface area contributed by atoms with Gasteiger partial charge in [0.05, 0.1) is 46.3 Å².